The standard InChI is InChI=1S/C13H23N3O/c1-4-7-13(3,17)10-16-11-6-8-15-12(9-11)14-5-2/h6,8-9,17H,4-5,7,10H2,1-3H3,(H2,14,15,16). The summed E-state index contributed by atoms with van der Waals surface area (Å²) < 4.78 is 0. The second-order valence-electron chi connectivity index (χ2n) is 4.56. The molecule has 0 aromatic carbocycles. The zero-order chi connectivity index (χ0) is 12.7. The first kappa shape index (κ1) is 13.8. The zero-order valence-electron chi connectivity index (χ0n) is 11.0. The lowest BCUT2D eigenvalue weighted by molar-refractivity contribution is 0.0637. The van der Waals surface area contributed by atoms with Gasteiger partial charge in [0.05, 0.1) is 5.60 Å². The zero-order valence-corrected chi connectivity index (χ0v) is 11.0. The normalized spacial score (nSPS) is 14.1. The van der Waals surface area contributed by atoms with Crippen LogP contribution in [0.3, 0.4) is 0 Å². The van der Waals surface area contributed by atoms with Gasteiger partial charge in [0.2, 0.25) is 0 Å². The fraction of sp³-hybridized carbons (Fsp3) is 0.615. The van der Waals surface area contributed by atoms with E-state index >= 15 is 0 Å². The second kappa shape index (κ2) is 6.45. The van der Waals surface area contributed by atoms with Gasteiger partial charge in [0.1, 0.15) is 5.82 Å². The minimum absolute atomic E-state index is 0.552. The average Bonchev–Trinajstić information content (AvgIpc) is 2.28. The third-order valence-electron chi connectivity index (χ3n) is 2.58. The minimum Gasteiger partial charge on any atom is -0.388 e. The van der Waals surface area contributed by atoms with Gasteiger partial charge in [-0.25, -0.2) is 4.98 Å². The van der Waals surface area contributed by atoms with Crippen LogP contribution in [0.15, 0.2) is 18.3 Å². The van der Waals surface area contributed by atoms with Gasteiger partial charge in [0.15, 0.2) is 0 Å². The molecule has 1 rings (SSSR count). The van der Waals surface area contributed by atoms with Crippen LogP contribution in [0.1, 0.15) is 33.6 Å². The highest BCUT2D eigenvalue weighted by Gasteiger charge is 2.18. The summed E-state index contributed by atoms with van der Waals surface area (Å²) in [7, 11) is 0. The highest BCUT2D eigenvalue weighted by molar-refractivity contribution is 5.51. The Hall–Kier alpha value is -1.29. The van der Waals surface area contributed by atoms with Crippen LogP contribution in [0, 0.1) is 0 Å². The third kappa shape index (κ3) is 5.04. The highest BCUT2D eigenvalue weighted by atomic mass is 16.3. The first-order valence-corrected chi connectivity index (χ1v) is 6.23. The molecule has 1 unspecified atom stereocenters. The van der Waals surface area contributed by atoms with Crippen molar-refractivity contribution in [1.82, 2.24) is 4.98 Å². The van der Waals surface area contributed by atoms with Crippen LogP contribution in [0.4, 0.5) is 11.5 Å². The van der Waals surface area contributed by atoms with E-state index in [9.17, 15) is 5.11 Å². The molecule has 0 fully saturated rings. The fourth-order valence-corrected chi connectivity index (χ4v) is 1.74. The molecular weight excluding hydrogens is 214 g/mol. The van der Waals surface area contributed by atoms with Gasteiger partial charge in [0, 0.05) is 31.0 Å². The van der Waals surface area contributed by atoms with E-state index in [0.29, 0.717) is 6.54 Å². The van der Waals surface area contributed by atoms with Crippen molar-refractivity contribution < 1.29 is 5.11 Å². The lowest BCUT2D eigenvalue weighted by atomic mass is 10.0. The molecule has 0 spiro atoms. The number of nitrogens with one attached hydrogen (secondary N) is 2. The Balaban J connectivity index is 2.53. The molecule has 0 bridgehead atoms. The van der Waals surface area contributed by atoms with E-state index in [1.807, 2.05) is 26.0 Å². The molecular formula is C13H23N3O. The maximum atomic E-state index is 10.1. The summed E-state index contributed by atoms with van der Waals surface area (Å²) in [5.74, 6) is 0.854. The molecule has 3 N–H and O–H groups in total. The molecule has 0 saturated heterocycles. The Morgan fingerprint density at radius 1 is 1.35 bits per heavy atom. The summed E-state index contributed by atoms with van der Waals surface area (Å²) >= 11 is 0. The molecule has 4 heteroatoms. The first-order valence-electron chi connectivity index (χ1n) is 6.23. The summed E-state index contributed by atoms with van der Waals surface area (Å²) in [6.07, 6.45) is 3.54. The van der Waals surface area contributed by atoms with Crippen molar-refractivity contribution in [3.63, 3.8) is 0 Å². The number of aliphatic hydroxyl groups is 1. The maximum absolute atomic E-state index is 10.1. The molecule has 0 radical (unpaired) electrons. The van der Waals surface area contributed by atoms with Gasteiger partial charge in [-0.2, -0.15) is 0 Å². The second-order valence-corrected chi connectivity index (χ2v) is 4.56. The Morgan fingerprint density at radius 3 is 2.76 bits per heavy atom. The smallest absolute Gasteiger partial charge is 0.127 e. The first-order chi connectivity index (χ1) is 8.07. The van der Waals surface area contributed by atoms with E-state index in [0.717, 1.165) is 30.9 Å². The number of nitrogens with zero attached hydrogens (tertiary/aromatic N) is 1. The van der Waals surface area contributed by atoms with E-state index in [4.69, 9.17) is 0 Å². The topological polar surface area (TPSA) is 57.2 Å². The quantitative estimate of drug-likeness (QED) is 0.682. The summed E-state index contributed by atoms with van der Waals surface area (Å²) in [5, 5.41) is 16.4. The monoisotopic (exact) mass is 237 g/mol. The van der Waals surface area contributed by atoms with Crippen molar-refractivity contribution in [2.45, 2.75) is 39.2 Å². The molecule has 0 aliphatic heterocycles. The Labute approximate surface area is 103 Å². The molecule has 1 aromatic rings. The summed E-state index contributed by atoms with van der Waals surface area (Å²) in [5.41, 5.74) is 0.323. The van der Waals surface area contributed by atoms with Crippen LogP contribution in [0.2, 0.25) is 0 Å². The van der Waals surface area contributed by atoms with Crippen LogP contribution in [0.5, 0.6) is 0 Å². The van der Waals surface area contributed by atoms with E-state index < -0.39 is 5.60 Å². The Morgan fingerprint density at radius 2 is 2.12 bits per heavy atom. The Bertz CT molecular complexity index is 339. The summed E-state index contributed by atoms with van der Waals surface area (Å²) in [6.45, 7) is 7.37. The number of hydrogen-bond donors (Lipinski definition) is 3. The molecule has 4 nitrogen and oxygen atoms in total. The van der Waals surface area contributed by atoms with Gasteiger partial charge in [0.25, 0.3) is 0 Å². The number of aromatic nitrogens is 1. The Kier molecular flexibility index (Phi) is 5.22. The van der Waals surface area contributed by atoms with Crippen LogP contribution in [-0.4, -0.2) is 28.8 Å². The van der Waals surface area contributed by atoms with Crippen molar-refractivity contribution in [2.75, 3.05) is 23.7 Å². The summed E-state index contributed by atoms with van der Waals surface area (Å²) in [6, 6.07) is 3.86. The SMILES string of the molecule is CCCC(C)(O)CNc1ccnc(NCC)c1. The number of pyridine rings is 1. The fourth-order valence-electron chi connectivity index (χ4n) is 1.74. The minimum atomic E-state index is -0.656. The van der Waals surface area contributed by atoms with Crippen LogP contribution in [0.25, 0.3) is 0 Å². The van der Waals surface area contributed by atoms with Crippen molar-refractivity contribution in [3.8, 4) is 0 Å². The molecule has 0 aliphatic rings. The lowest BCUT2D eigenvalue weighted by Crippen LogP contribution is -2.33. The average molecular weight is 237 g/mol. The van der Waals surface area contributed by atoms with Crippen LogP contribution >= 0.6 is 0 Å². The van der Waals surface area contributed by atoms with Crippen molar-refractivity contribution >= 4 is 11.5 Å². The molecule has 1 atom stereocenters. The van der Waals surface area contributed by atoms with Crippen molar-refractivity contribution in [1.29, 1.82) is 0 Å². The van der Waals surface area contributed by atoms with Gasteiger partial charge >= 0.3 is 0 Å². The van der Waals surface area contributed by atoms with Crippen LogP contribution in [-0.2, 0) is 0 Å². The van der Waals surface area contributed by atoms with E-state index in [1.54, 1.807) is 6.20 Å². The largest absolute Gasteiger partial charge is 0.388 e. The van der Waals surface area contributed by atoms with Gasteiger partial charge in [-0.15, -0.1) is 0 Å². The molecule has 0 aliphatic carbocycles. The number of anilines is 2. The van der Waals surface area contributed by atoms with Gasteiger partial charge in [-0.05, 0) is 26.3 Å². The van der Waals surface area contributed by atoms with Gasteiger partial charge < -0.3 is 15.7 Å². The maximum Gasteiger partial charge on any atom is 0.127 e. The lowest BCUT2D eigenvalue weighted by Gasteiger charge is -2.23. The predicted molar refractivity (Wildman–Crippen MR) is 72.4 cm³/mol. The van der Waals surface area contributed by atoms with E-state index in [1.165, 1.54) is 0 Å². The summed E-state index contributed by atoms with van der Waals surface area (Å²) in [4.78, 5) is 4.20. The third-order valence-corrected chi connectivity index (χ3v) is 2.58. The molecule has 0 saturated carbocycles. The van der Waals surface area contributed by atoms with Crippen molar-refractivity contribution in [3.05, 3.63) is 18.3 Å². The molecule has 96 valence electrons. The molecule has 0 amide bonds. The number of rotatable bonds is 7. The van der Waals surface area contributed by atoms with Crippen LogP contribution < -0.4 is 10.6 Å². The molecule has 1 aromatic heterocycles. The van der Waals surface area contributed by atoms with E-state index in [-0.39, 0.29) is 0 Å². The van der Waals surface area contributed by atoms with Gasteiger partial charge in [-0.3, -0.25) is 0 Å². The van der Waals surface area contributed by atoms with E-state index in [2.05, 4.69) is 22.5 Å². The number of hydrogen-bond acceptors (Lipinski definition) is 4. The molecule has 1 heterocycles. The van der Waals surface area contributed by atoms with Crippen molar-refractivity contribution in [2.24, 2.45) is 0 Å². The molecule has 17 heavy (non-hydrogen) atoms. The van der Waals surface area contributed by atoms with Gasteiger partial charge in [-0.1, -0.05) is 13.3 Å². The highest BCUT2D eigenvalue weighted by Crippen LogP contribution is 2.16. The predicted octanol–water partition coefficient (Wildman–Crippen LogP) is 2.48.